The second kappa shape index (κ2) is 7.63. The summed E-state index contributed by atoms with van der Waals surface area (Å²) in [5.41, 5.74) is 0.157. The Bertz CT molecular complexity index is 722. The second-order valence-electron chi connectivity index (χ2n) is 6.32. The number of aromatic nitrogens is 1. The van der Waals surface area contributed by atoms with Crippen molar-refractivity contribution in [3.8, 4) is 5.75 Å². The van der Waals surface area contributed by atoms with Gasteiger partial charge >= 0.3 is 0 Å². The number of carbonyl (C=O) groups excluding carboxylic acids is 1. The molecule has 2 heterocycles. The molecule has 1 aliphatic heterocycles. The molecule has 0 aliphatic carbocycles. The van der Waals surface area contributed by atoms with Crippen molar-refractivity contribution in [2.24, 2.45) is 0 Å². The van der Waals surface area contributed by atoms with Crippen LogP contribution in [0.15, 0.2) is 48.7 Å². The number of amides is 1. The van der Waals surface area contributed by atoms with E-state index in [0.717, 1.165) is 5.56 Å². The summed E-state index contributed by atoms with van der Waals surface area (Å²) < 4.78 is 11.2. The van der Waals surface area contributed by atoms with Crippen molar-refractivity contribution in [2.45, 2.75) is 12.5 Å². The van der Waals surface area contributed by atoms with Crippen LogP contribution in [0.3, 0.4) is 0 Å². The molecule has 0 bridgehead atoms. The highest BCUT2D eigenvalue weighted by molar-refractivity contribution is 5.92. The van der Waals surface area contributed by atoms with E-state index in [2.05, 4.69) is 4.98 Å². The highest BCUT2D eigenvalue weighted by Crippen LogP contribution is 2.18. The van der Waals surface area contributed by atoms with E-state index in [4.69, 9.17) is 9.47 Å². The molecule has 1 aliphatic rings. The van der Waals surface area contributed by atoms with Gasteiger partial charge in [0.25, 0.3) is 5.91 Å². The van der Waals surface area contributed by atoms with Gasteiger partial charge in [0.05, 0.1) is 19.8 Å². The topological polar surface area (TPSA) is 71.9 Å². The van der Waals surface area contributed by atoms with Gasteiger partial charge in [-0.1, -0.05) is 18.2 Å². The zero-order valence-electron chi connectivity index (χ0n) is 14.2. The van der Waals surface area contributed by atoms with Crippen LogP contribution in [0.4, 0.5) is 0 Å². The predicted molar refractivity (Wildman–Crippen MR) is 92.6 cm³/mol. The van der Waals surface area contributed by atoms with E-state index in [1.807, 2.05) is 31.2 Å². The van der Waals surface area contributed by atoms with Crippen LogP contribution in [0.1, 0.15) is 16.1 Å². The van der Waals surface area contributed by atoms with Gasteiger partial charge in [-0.25, -0.2) is 0 Å². The molecule has 1 aromatic heterocycles. The molecular weight excluding hydrogens is 320 g/mol. The molecule has 6 heteroatoms. The standard InChI is InChI=1S/C19H22N2O4/c1-15-5-4-6-16(11-15)25-14-19(23)12-21(9-10-24-13-19)18(22)17-7-2-3-8-20-17/h2-8,11,23H,9-10,12-14H2,1H3. The van der Waals surface area contributed by atoms with Gasteiger partial charge in [0.15, 0.2) is 0 Å². The minimum atomic E-state index is -1.27. The van der Waals surface area contributed by atoms with Gasteiger partial charge in [0.1, 0.15) is 23.7 Å². The Hall–Kier alpha value is -2.44. The summed E-state index contributed by atoms with van der Waals surface area (Å²) in [5, 5.41) is 10.9. The fourth-order valence-corrected chi connectivity index (χ4v) is 2.75. The van der Waals surface area contributed by atoms with Crippen LogP contribution in [-0.2, 0) is 4.74 Å². The maximum atomic E-state index is 12.6. The summed E-state index contributed by atoms with van der Waals surface area (Å²) in [4.78, 5) is 18.3. The lowest BCUT2D eigenvalue weighted by Gasteiger charge is -2.30. The fraction of sp³-hybridized carbons (Fsp3) is 0.368. The number of rotatable bonds is 4. The zero-order chi connectivity index (χ0) is 17.7. The maximum absolute atomic E-state index is 12.6. The van der Waals surface area contributed by atoms with Crippen LogP contribution in [0.25, 0.3) is 0 Å². The van der Waals surface area contributed by atoms with Crippen molar-refractivity contribution in [1.29, 1.82) is 0 Å². The van der Waals surface area contributed by atoms with Gasteiger partial charge in [0.2, 0.25) is 0 Å². The SMILES string of the molecule is Cc1cccc(OCC2(O)COCCN(C(=O)c3ccccn3)C2)c1. The minimum absolute atomic E-state index is 0.0441. The summed E-state index contributed by atoms with van der Waals surface area (Å²) in [6.45, 7) is 3.04. The minimum Gasteiger partial charge on any atom is -0.490 e. The predicted octanol–water partition coefficient (Wildman–Crippen LogP) is 1.67. The molecule has 25 heavy (non-hydrogen) atoms. The van der Waals surface area contributed by atoms with Gasteiger partial charge in [-0.3, -0.25) is 9.78 Å². The number of β-amino-alcohol motifs (C(OH)–C–C–N with tert-alkyl or cyclic N) is 1. The molecule has 2 aromatic rings. The zero-order valence-corrected chi connectivity index (χ0v) is 14.2. The summed E-state index contributed by atoms with van der Waals surface area (Å²) in [6.07, 6.45) is 1.58. The average molecular weight is 342 g/mol. The molecule has 1 N–H and O–H groups in total. The second-order valence-corrected chi connectivity index (χ2v) is 6.32. The normalized spacial score (nSPS) is 20.8. The molecule has 3 rings (SSSR count). The Labute approximate surface area is 147 Å². The summed E-state index contributed by atoms with van der Waals surface area (Å²) in [7, 11) is 0. The summed E-state index contributed by atoms with van der Waals surface area (Å²) in [6, 6.07) is 12.8. The first-order valence-electron chi connectivity index (χ1n) is 8.26. The van der Waals surface area contributed by atoms with Gasteiger partial charge in [-0.05, 0) is 36.8 Å². The molecular formula is C19H22N2O4. The first-order chi connectivity index (χ1) is 12.1. The Kier molecular flexibility index (Phi) is 5.31. The lowest BCUT2D eigenvalue weighted by molar-refractivity contribution is -0.0621. The molecule has 0 spiro atoms. The lowest BCUT2D eigenvalue weighted by atomic mass is 10.1. The quantitative estimate of drug-likeness (QED) is 0.915. The molecule has 1 aromatic carbocycles. The van der Waals surface area contributed by atoms with Crippen molar-refractivity contribution in [3.05, 3.63) is 59.9 Å². The Morgan fingerprint density at radius 3 is 3.00 bits per heavy atom. The van der Waals surface area contributed by atoms with Gasteiger partial charge in [-0.2, -0.15) is 0 Å². The Morgan fingerprint density at radius 2 is 2.24 bits per heavy atom. The van der Waals surface area contributed by atoms with Crippen LogP contribution >= 0.6 is 0 Å². The molecule has 6 nitrogen and oxygen atoms in total. The van der Waals surface area contributed by atoms with Crippen molar-refractivity contribution in [2.75, 3.05) is 32.9 Å². The maximum Gasteiger partial charge on any atom is 0.272 e. The lowest BCUT2D eigenvalue weighted by Crippen LogP contribution is -2.50. The van der Waals surface area contributed by atoms with E-state index in [1.54, 1.807) is 29.3 Å². The number of nitrogens with zero attached hydrogens (tertiary/aromatic N) is 2. The van der Waals surface area contributed by atoms with E-state index in [1.165, 1.54) is 0 Å². The molecule has 1 fully saturated rings. The molecule has 0 saturated carbocycles. The number of benzene rings is 1. The number of hydrogen-bond acceptors (Lipinski definition) is 5. The fourth-order valence-electron chi connectivity index (χ4n) is 2.75. The molecule has 1 atom stereocenters. The summed E-state index contributed by atoms with van der Waals surface area (Å²) >= 11 is 0. The molecule has 1 saturated heterocycles. The Balaban J connectivity index is 1.69. The number of pyridine rings is 1. The molecule has 1 amide bonds. The van der Waals surface area contributed by atoms with Crippen molar-refractivity contribution >= 4 is 5.91 Å². The number of carbonyl (C=O) groups is 1. The molecule has 0 radical (unpaired) electrons. The molecule has 132 valence electrons. The van der Waals surface area contributed by atoms with Crippen LogP contribution in [0.2, 0.25) is 0 Å². The van der Waals surface area contributed by atoms with Crippen LogP contribution in [0, 0.1) is 6.92 Å². The van der Waals surface area contributed by atoms with E-state index >= 15 is 0 Å². The van der Waals surface area contributed by atoms with E-state index in [-0.39, 0.29) is 25.7 Å². The number of ether oxygens (including phenoxy) is 2. The first-order valence-corrected chi connectivity index (χ1v) is 8.26. The van der Waals surface area contributed by atoms with Crippen molar-refractivity contribution < 1.29 is 19.4 Å². The Morgan fingerprint density at radius 1 is 1.36 bits per heavy atom. The van der Waals surface area contributed by atoms with Crippen LogP contribution < -0.4 is 4.74 Å². The van der Waals surface area contributed by atoms with Crippen LogP contribution in [0.5, 0.6) is 5.75 Å². The van der Waals surface area contributed by atoms with E-state index in [0.29, 0.717) is 24.6 Å². The summed E-state index contributed by atoms with van der Waals surface area (Å²) in [5.74, 6) is 0.459. The number of hydrogen-bond donors (Lipinski definition) is 1. The van der Waals surface area contributed by atoms with Crippen molar-refractivity contribution in [1.82, 2.24) is 9.88 Å². The van der Waals surface area contributed by atoms with Crippen molar-refractivity contribution in [3.63, 3.8) is 0 Å². The highest BCUT2D eigenvalue weighted by atomic mass is 16.5. The van der Waals surface area contributed by atoms with Gasteiger partial charge < -0.3 is 19.5 Å². The van der Waals surface area contributed by atoms with E-state index < -0.39 is 5.60 Å². The largest absolute Gasteiger partial charge is 0.490 e. The third-order valence-corrected chi connectivity index (χ3v) is 4.03. The van der Waals surface area contributed by atoms with Gasteiger partial charge in [0, 0.05) is 12.7 Å². The third-order valence-electron chi connectivity index (χ3n) is 4.03. The monoisotopic (exact) mass is 342 g/mol. The van der Waals surface area contributed by atoms with E-state index in [9.17, 15) is 9.90 Å². The average Bonchev–Trinajstić information content (AvgIpc) is 2.83. The number of aryl methyl sites for hydroxylation is 1. The molecule has 1 unspecified atom stereocenters. The first kappa shape index (κ1) is 17.4. The third kappa shape index (κ3) is 4.55. The highest BCUT2D eigenvalue weighted by Gasteiger charge is 2.36. The smallest absolute Gasteiger partial charge is 0.272 e. The number of aliphatic hydroxyl groups is 1. The van der Waals surface area contributed by atoms with Gasteiger partial charge in [-0.15, -0.1) is 0 Å². The van der Waals surface area contributed by atoms with Crippen LogP contribution in [-0.4, -0.2) is 59.4 Å².